The van der Waals surface area contributed by atoms with E-state index in [9.17, 15) is 4.79 Å². The molecule has 0 aliphatic heterocycles. The lowest BCUT2D eigenvalue weighted by Crippen LogP contribution is -2.27. The first-order valence-electron chi connectivity index (χ1n) is 7.50. The van der Waals surface area contributed by atoms with Gasteiger partial charge in [-0.15, -0.1) is 0 Å². The van der Waals surface area contributed by atoms with Crippen molar-refractivity contribution >= 4 is 29.0 Å². The van der Waals surface area contributed by atoms with Gasteiger partial charge in [-0.05, 0) is 24.5 Å². The molecular formula is C16H19ClN4O2. The number of fused-ring (bicyclic) bond motifs is 1. The molecule has 0 saturated heterocycles. The third-order valence-corrected chi connectivity index (χ3v) is 3.54. The first kappa shape index (κ1) is 17.1. The van der Waals surface area contributed by atoms with Crippen LogP contribution in [-0.2, 0) is 4.79 Å². The van der Waals surface area contributed by atoms with Crippen LogP contribution in [0.2, 0.25) is 5.15 Å². The average molecular weight is 335 g/mol. The number of hydroxylamine groups is 1. The lowest BCUT2D eigenvalue weighted by Gasteiger charge is -2.06. The van der Waals surface area contributed by atoms with Gasteiger partial charge in [-0.2, -0.15) is 0 Å². The second kappa shape index (κ2) is 8.42. The van der Waals surface area contributed by atoms with Crippen molar-refractivity contribution in [2.75, 3.05) is 11.9 Å². The van der Waals surface area contributed by atoms with Crippen molar-refractivity contribution in [3.8, 4) is 11.8 Å². The van der Waals surface area contributed by atoms with Crippen LogP contribution in [0.3, 0.4) is 0 Å². The SMILES string of the molecule is CCCCCC#Cc1nc2cccc(Cl)n2c1NCC(=O)NO. The molecule has 7 heteroatoms. The number of carbonyl (C=O) groups excluding carboxylic acids is 1. The molecule has 23 heavy (non-hydrogen) atoms. The van der Waals surface area contributed by atoms with Crippen molar-refractivity contribution in [3.63, 3.8) is 0 Å². The minimum absolute atomic E-state index is 0.111. The van der Waals surface area contributed by atoms with E-state index in [1.165, 1.54) is 0 Å². The van der Waals surface area contributed by atoms with Crippen molar-refractivity contribution in [3.05, 3.63) is 29.0 Å². The van der Waals surface area contributed by atoms with Gasteiger partial charge in [0.05, 0.1) is 6.54 Å². The number of nitrogens with zero attached hydrogens (tertiary/aromatic N) is 2. The molecule has 3 N–H and O–H groups in total. The van der Waals surface area contributed by atoms with Crippen molar-refractivity contribution < 1.29 is 10.0 Å². The summed E-state index contributed by atoms with van der Waals surface area (Å²) >= 11 is 6.21. The number of amides is 1. The van der Waals surface area contributed by atoms with Crippen LogP contribution in [0.4, 0.5) is 5.82 Å². The van der Waals surface area contributed by atoms with E-state index in [0.717, 1.165) is 25.7 Å². The number of carbonyl (C=O) groups is 1. The number of halogens is 1. The van der Waals surface area contributed by atoms with Gasteiger partial charge in [-0.1, -0.05) is 43.4 Å². The van der Waals surface area contributed by atoms with Gasteiger partial charge >= 0.3 is 0 Å². The highest BCUT2D eigenvalue weighted by molar-refractivity contribution is 6.30. The maximum Gasteiger partial charge on any atom is 0.262 e. The lowest BCUT2D eigenvalue weighted by molar-refractivity contribution is -0.127. The summed E-state index contributed by atoms with van der Waals surface area (Å²) in [5.74, 6) is 6.11. The highest BCUT2D eigenvalue weighted by atomic mass is 35.5. The predicted octanol–water partition coefficient (Wildman–Crippen LogP) is 2.84. The van der Waals surface area contributed by atoms with Crippen LogP contribution < -0.4 is 10.8 Å². The molecule has 2 aromatic rings. The van der Waals surface area contributed by atoms with Crippen molar-refractivity contribution in [1.29, 1.82) is 0 Å². The third kappa shape index (κ3) is 4.38. The molecule has 0 unspecified atom stereocenters. The zero-order valence-electron chi connectivity index (χ0n) is 12.9. The van der Waals surface area contributed by atoms with Gasteiger partial charge in [0, 0.05) is 6.42 Å². The number of pyridine rings is 1. The van der Waals surface area contributed by atoms with Crippen molar-refractivity contribution in [2.24, 2.45) is 0 Å². The number of nitrogens with one attached hydrogen (secondary N) is 2. The molecule has 1 amide bonds. The maximum atomic E-state index is 11.2. The number of hydrogen-bond donors (Lipinski definition) is 3. The van der Waals surface area contributed by atoms with Gasteiger partial charge in [0.15, 0.2) is 5.69 Å². The fourth-order valence-electron chi connectivity index (χ4n) is 2.12. The topological polar surface area (TPSA) is 78.7 Å². The minimum atomic E-state index is -0.561. The van der Waals surface area contributed by atoms with Crippen LogP contribution in [0, 0.1) is 11.8 Å². The molecule has 0 aliphatic carbocycles. The molecule has 0 aliphatic rings. The number of rotatable bonds is 6. The molecule has 0 atom stereocenters. The summed E-state index contributed by atoms with van der Waals surface area (Å²) in [6.07, 6.45) is 4.14. The number of anilines is 1. The quantitative estimate of drug-likeness (QED) is 0.249. The summed E-state index contributed by atoms with van der Waals surface area (Å²) in [5.41, 5.74) is 2.74. The van der Waals surface area contributed by atoms with Crippen LogP contribution in [0.5, 0.6) is 0 Å². The molecule has 0 saturated carbocycles. The molecule has 2 rings (SSSR count). The van der Waals surface area contributed by atoms with E-state index in [2.05, 4.69) is 29.1 Å². The highest BCUT2D eigenvalue weighted by Crippen LogP contribution is 2.22. The summed E-state index contributed by atoms with van der Waals surface area (Å²) in [4.78, 5) is 15.7. The fourth-order valence-corrected chi connectivity index (χ4v) is 2.36. The van der Waals surface area contributed by atoms with Gasteiger partial charge in [0.2, 0.25) is 0 Å². The standard InChI is InChI=1S/C16H19ClN4O2/c1-2-3-4-5-6-8-12-16(18-11-15(22)20-23)21-13(17)9-7-10-14(21)19-12/h7,9-10,18,23H,2-5,11H2,1H3,(H,20,22). The Hall–Kier alpha value is -2.23. The summed E-state index contributed by atoms with van der Waals surface area (Å²) < 4.78 is 1.68. The molecule has 2 heterocycles. The zero-order chi connectivity index (χ0) is 16.7. The molecule has 0 spiro atoms. The van der Waals surface area contributed by atoms with Gasteiger partial charge < -0.3 is 5.32 Å². The van der Waals surface area contributed by atoms with Gasteiger partial charge in [0.1, 0.15) is 16.6 Å². The Morgan fingerprint density at radius 2 is 2.26 bits per heavy atom. The normalized spacial score (nSPS) is 10.2. The van der Waals surface area contributed by atoms with Crippen molar-refractivity contribution in [2.45, 2.75) is 32.6 Å². The average Bonchev–Trinajstić information content (AvgIpc) is 2.91. The Morgan fingerprint density at radius 3 is 3.00 bits per heavy atom. The highest BCUT2D eigenvalue weighted by Gasteiger charge is 2.13. The third-order valence-electron chi connectivity index (χ3n) is 3.25. The zero-order valence-corrected chi connectivity index (χ0v) is 13.7. The molecule has 0 radical (unpaired) electrons. The molecule has 6 nitrogen and oxygen atoms in total. The van der Waals surface area contributed by atoms with E-state index in [1.807, 2.05) is 6.07 Å². The predicted molar refractivity (Wildman–Crippen MR) is 89.6 cm³/mol. The molecule has 0 bridgehead atoms. The van der Waals surface area contributed by atoms with Gasteiger partial charge in [-0.25, -0.2) is 10.5 Å². The monoisotopic (exact) mass is 334 g/mol. The Kier molecular flexibility index (Phi) is 6.27. The first-order valence-corrected chi connectivity index (χ1v) is 7.87. The van der Waals surface area contributed by atoms with Crippen LogP contribution in [0.25, 0.3) is 5.65 Å². The van der Waals surface area contributed by atoms with Crippen LogP contribution >= 0.6 is 11.6 Å². The second-order valence-electron chi connectivity index (χ2n) is 5.00. The number of unbranched alkanes of at least 4 members (excludes halogenated alkanes) is 3. The summed E-state index contributed by atoms with van der Waals surface area (Å²) in [5, 5.41) is 12.0. The van der Waals surface area contributed by atoms with E-state index < -0.39 is 5.91 Å². The van der Waals surface area contributed by atoms with E-state index in [-0.39, 0.29) is 6.54 Å². The largest absolute Gasteiger partial charge is 0.360 e. The van der Waals surface area contributed by atoms with E-state index in [1.54, 1.807) is 22.0 Å². The van der Waals surface area contributed by atoms with Gasteiger partial charge in [-0.3, -0.25) is 14.4 Å². The smallest absolute Gasteiger partial charge is 0.262 e. The van der Waals surface area contributed by atoms with Crippen LogP contribution in [0.15, 0.2) is 18.2 Å². The van der Waals surface area contributed by atoms with Gasteiger partial charge in [0.25, 0.3) is 5.91 Å². The second-order valence-corrected chi connectivity index (χ2v) is 5.39. The minimum Gasteiger partial charge on any atom is -0.360 e. The molecule has 2 aromatic heterocycles. The Morgan fingerprint density at radius 1 is 1.43 bits per heavy atom. The van der Waals surface area contributed by atoms with E-state index in [4.69, 9.17) is 16.8 Å². The Balaban J connectivity index is 2.30. The van der Waals surface area contributed by atoms with Crippen LogP contribution in [-0.4, -0.2) is 27.0 Å². The fraction of sp³-hybridized carbons (Fsp3) is 0.375. The summed E-state index contributed by atoms with van der Waals surface area (Å²) in [6.45, 7) is 2.03. The number of hydrogen-bond acceptors (Lipinski definition) is 4. The number of aromatic nitrogens is 2. The summed E-state index contributed by atoms with van der Waals surface area (Å²) in [6, 6.07) is 5.34. The lowest BCUT2D eigenvalue weighted by atomic mass is 10.2. The van der Waals surface area contributed by atoms with E-state index in [0.29, 0.717) is 22.3 Å². The van der Waals surface area contributed by atoms with E-state index >= 15 is 0 Å². The first-order chi connectivity index (χ1) is 11.2. The molecule has 122 valence electrons. The van der Waals surface area contributed by atoms with Crippen molar-refractivity contribution in [1.82, 2.24) is 14.9 Å². The maximum absolute atomic E-state index is 11.2. The molecular weight excluding hydrogens is 316 g/mol. The number of imidazole rings is 1. The molecule has 0 aromatic carbocycles. The Bertz CT molecular complexity index is 746. The molecule has 0 fully saturated rings. The Labute approximate surface area is 139 Å². The van der Waals surface area contributed by atoms with Crippen LogP contribution in [0.1, 0.15) is 38.3 Å². The summed E-state index contributed by atoms with van der Waals surface area (Å²) in [7, 11) is 0.